The average Bonchev–Trinajstić information content (AvgIpc) is 2.63. The quantitative estimate of drug-likeness (QED) is 0.720. The lowest BCUT2D eigenvalue weighted by Gasteiger charge is -2.35. The van der Waals surface area contributed by atoms with Gasteiger partial charge < -0.3 is 9.80 Å². The normalized spacial score (nSPS) is 14.5. The smallest absolute Gasteiger partial charge is 0.255 e. The van der Waals surface area contributed by atoms with E-state index in [1.54, 1.807) is 29.2 Å². The summed E-state index contributed by atoms with van der Waals surface area (Å²) >= 11 is 11.8. The number of benzene rings is 2. The van der Waals surface area contributed by atoms with Crippen LogP contribution in [0.15, 0.2) is 36.4 Å². The molecule has 8 heteroatoms. The molecule has 0 bridgehead atoms. The molecule has 0 spiro atoms. The summed E-state index contributed by atoms with van der Waals surface area (Å²) in [6.45, 7) is 1.16. The first-order valence-corrected chi connectivity index (χ1v) is 8.61. The van der Waals surface area contributed by atoms with E-state index in [0.29, 0.717) is 23.7 Å². The molecular formula is C18H14Cl2F2N2O2. The van der Waals surface area contributed by atoms with E-state index in [1.165, 1.54) is 4.90 Å². The van der Waals surface area contributed by atoms with E-state index in [1.807, 2.05) is 0 Å². The zero-order valence-electron chi connectivity index (χ0n) is 13.5. The van der Waals surface area contributed by atoms with Crippen molar-refractivity contribution in [1.29, 1.82) is 0 Å². The van der Waals surface area contributed by atoms with Gasteiger partial charge in [-0.25, -0.2) is 8.78 Å². The molecule has 1 aliphatic heterocycles. The fourth-order valence-corrected chi connectivity index (χ4v) is 3.19. The maximum Gasteiger partial charge on any atom is 0.255 e. The molecule has 0 aromatic heterocycles. The van der Waals surface area contributed by atoms with Gasteiger partial charge in [-0.05, 0) is 30.3 Å². The monoisotopic (exact) mass is 398 g/mol. The molecular weight excluding hydrogens is 385 g/mol. The van der Waals surface area contributed by atoms with Gasteiger partial charge in [0.05, 0.1) is 10.6 Å². The first-order valence-electron chi connectivity index (χ1n) is 7.85. The van der Waals surface area contributed by atoms with Gasteiger partial charge in [0.25, 0.3) is 11.8 Å². The number of piperazine rings is 1. The minimum absolute atomic E-state index is 0.0971. The van der Waals surface area contributed by atoms with Crippen LogP contribution in [0.25, 0.3) is 0 Å². The van der Waals surface area contributed by atoms with Gasteiger partial charge in [-0.15, -0.1) is 0 Å². The predicted octanol–water partition coefficient (Wildman–Crippen LogP) is 3.87. The highest BCUT2D eigenvalue weighted by Crippen LogP contribution is 2.22. The summed E-state index contributed by atoms with van der Waals surface area (Å²) in [4.78, 5) is 28.1. The molecule has 2 aromatic carbocycles. The van der Waals surface area contributed by atoms with Crippen molar-refractivity contribution < 1.29 is 18.4 Å². The Morgan fingerprint density at radius 2 is 1.42 bits per heavy atom. The van der Waals surface area contributed by atoms with Gasteiger partial charge in [-0.3, -0.25) is 9.59 Å². The summed E-state index contributed by atoms with van der Waals surface area (Å²) in [5, 5.41) is 0.323. The van der Waals surface area contributed by atoms with E-state index in [9.17, 15) is 18.4 Å². The zero-order chi connectivity index (χ0) is 18.8. The summed E-state index contributed by atoms with van der Waals surface area (Å²) in [5.41, 5.74) is 0.376. The van der Waals surface area contributed by atoms with Crippen LogP contribution < -0.4 is 0 Å². The number of amides is 2. The van der Waals surface area contributed by atoms with E-state index in [2.05, 4.69) is 0 Å². The Bertz CT molecular complexity index is 868. The van der Waals surface area contributed by atoms with Crippen molar-refractivity contribution in [3.05, 3.63) is 69.2 Å². The van der Waals surface area contributed by atoms with Gasteiger partial charge >= 0.3 is 0 Å². The van der Waals surface area contributed by atoms with Gasteiger partial charge in [0, 0.05) is 36.8 Å². The number of halogens is 4. The standard InChI is InChI=1S/C18H14Cl2F2N2O2/c19-12-3-1-2-11(8-12)17(25)23-4-6-24(7-5-23)18(26)13-9-15(21)16(22)10-14(13)20/h1-3,8-10H,4-7H2. The number of rotatable bonds is 2. The van der Waals surface area contributed by atoms with Crippen molar-refractivity contribution in [1.82, 2.24) is 9.80 Å². The van der Waals surface area contributed by atoms with Crippen LogP contribution in [-0.2, 0) is 0 Å². The maximum absolute atomic E-state index is 13.4. The van der Waals surface area contributed by atoms with Crippen molar-refractivity contribution in [2.24, 2.45) is 0 Å². The van der Waals surface area contributed by atoms with Gasteiger partial charge in [-0.1, -0.05) is 29.3 Å². The molecule has 2 amide bonds. The minimum Gasteiger partial charge on any atom is -0.335 e. The second-order valence-electron chi connectivity index (χ2n) is 5.84. The highest BCUT2D eigenvalue weighted by Gasteiger charge is 2.27. The van der Waals surface area contributed by atoms with Crippen LogP contribution in [0, 0.1) is 11.6 Å². The van der Waals surface area contributed by atoms with Gasteiger partial charge in [0.15, 0.2) is 11.6 Å². The first kappa shape index (κ1) is 18.6. The fourth-order valence-electron chi connectivity index (χ4n) is 2.77. The molecule has 26 heavy (non-hydrogen) atoms. The lowest BCUT2D eigenvalue weighted by Crippen LogP contribution is -2.50. The highest BCUT2D eigenvalue weighted by molar-refractivity contribution is 6.33. The summed E-state index contributed by atoms with van der Waals surface area (Å²) in [5.74, 6) is -2.91. The predicted molar refractivity (Wildman–Crippen MR) is 94.6 cm³/mol. The zero-order valence-corrected chi connectivity index (χ0v) is 15.0. The van der Waals surface area contributed by atoms with E-state index >= 15 is 0 Å². The molecule has 0 aliphatic carbocycles. The van der Waals surface area contributed by atoms with Crippen molar-refractivity contribution >= 4 is 35.0 Å². The summed E-state index contributed by atoms with van der Waals surface area (Å²) in [7, 11) is 0. The fraction of sp³-hybridized carbons (Fsp3) is 0.222. The van der Waals surface area contributed by atoms with Gasteiger partial charge in [-0.2, -0.15) is 0 Å². The van der Waals surface area contributed by atoms with E-state index in [4.69, 9.17) is 23.2 Å². The molecule has 1 fully saturated rings. The summed E-state index contributed by atoms with van der Waals surface area (Å²) < 4.78 is 26.6. The Hall–Kier alpha value is -2.18. The number of carbonyl (C=O) groups excluding carboxylic acids is 2. The summed E-state index contributed by atoms with van der Waals surface area (Å²) in [6.07, 6.45) is 0. The lowest BCUT2D eigenvalue weighted by atomic mass is 10.1. The Kier molecular flexibility index (Phi) is 5.44. The maximum atomic E-state index is 13.4. The van der Waals surface area contributed by atoms with Crippen molar-refractivity contribution in [3.8, 4) is 0 Å². The van der Waals surface area contributed by atoms with Crippen LogP contribution in [0.3, 0.4) is 0 Å². The summed E-state index contributed by atoms with van der Waals surface area (Å²) in [6, 6.07) is 8.21. The van der Waals surface area contributed by atoms with Crippen molar-refractivity contribution in [2.45, 2.75) is 0 Å². The molecule has 0 radical (unpaired) electrons. The van der Waals surface area contributed by atoms with E-state index in [-0.39, 0.29) is 29.6 Å². The van der Waals surface area contributed by atoms with Crippen LogP contribution in [-0.4, -0.2) is 47.8 Å². The third-order valence-electron chi connectivity index (χ3n) is 4.17. The SMILES string of the molecule is O=C(c1cccc(Cl)c1)N1CCN(C(=O)c2cc(F)c(F)cc2Cl)CC1. The number of hydrogen-bond donors (Lipinski definition) is 0. The van der Waals surface area contributed by atoms with Crippen molar-refractivity contribution in [3.63, 3.8) is 0 Å². The molecule has 1 heterocycles. The Balaban J connectivity index is 1.68. The van der Waals surface area contributed by atoms with Crippen LogP contribution in [0.5, 0.6) is 0 Å². The topological polar surface area (TPSA) is 40.6 Å². The molecule has 1 saturated heterocycles. The van der Waals surface area contributed by atoms with E-state index < -0.39 is 17.5 Å². The van der Waals surface area contributed by atoms with Crippen LogP contribution in [0.1, 0.15) is 20.7 Å². The molecule has 0 N–H and O–H groups in total. The lowest BCUT2D eigenvalue weighted by molar-refractivity contribution is 0.0535. The average molecular weight is 399 g/mol. The van der Waals surface area contributed by atoms with Gasteiger partial charge in [0.2, 0.25) is 0 Å². The number of hydrogen-bond acceptors (Lipinski definition) is 2. The second-order valence-corrected chi connectivity index (χ2v) is 6.68. The molecule has 0 atom stereocenters. The molecule has 0 unspecified atom stereocenters. The first-order chi connectivity index (χ1) is 12.4. The minimum atomic E-state index is -1.13. The molecule has 2 aromatic rings. The number of carbonyl (C=O) groups is 2. The Morgan fingerprint density at radius 1 is 0.846 bits per heavy atom. The van der Waals surface area contributed by atoms with Crippen LogP contribution >= 0.6 is 23.2 Å². The van der Waals surface area contributed by atoms with Gasteiger partial charge in [0.1, 0.15) is 0 Å². The van der Waals surface area contributed by atoms with E-state index in [0.717, 1.165) is 12.1 Å². The third kappa shape index (κ3) is 3.81. The molecule has 3 rings (SSSR count). The highest BCUT2D eigenvalue weighted by atomic mass is 35.5. The van der Waals surface area contributed by atoms with Crippen molar-refractivity contribution in [2.75, 3.05) is 26.2 Å². The molecule has 136 valence electrons. The Labute approximate surface area is 158 Å². The number of nitrogens with zero attached hydrogens (tertiary/aromatic N) is 2. The second kappa shape index (κ2) is 7.60. The Morgan fingerprint density at radius 3 is 2.04 bits per heavy atom. The largest absolute Gasteiger partial charge is 0.335 e. The molecule has 1 aliphatic rings. The third-order valence-corrected chi connectivity index (χ3v) is 4.71. The van der Waals surface area contributed by atoms with Crippen LogP contribution in [0.2, 0.25) is 10.0 Å². The van der Waals surface area contributed by atoms with Crippen LogP contribution in [0.4, 0.5) is 8.78 Å². The molecule has 0 saturated carbocycles. The molecule has 4 nitrogen and oxygen atoms in total.